The number of nitrogens with zero attached hydrogens (tertiary/aromatic N) is 1. The van der Waals surface area contributed by atoms with E-state index in [0.717, 1.165) is 11.1 Å². The highest BCUT2D eigenvalue weighted by molar-refractivity contribution is 5.95. The average molecular weight is 232 g/mol. The van der Waals surface area contributed by atoms with Crippen molar-refractivity contribution in [1.82, 2.24) is 10.2 Å². The van der Waals surface area contributed by atoms with Gasteiger partial charge in [0.25, 0.3) is 0 Å². The Labute approximate surface area is 98.0 Å². The van der Waals surface area contributed by atoms with E-state index in [1.807, 2.05) is 25.1 Å². The number of aromatic amines is 1. The zero-order valence-corrected chi connectivity index (χ0v) is 9.52. The van der Waals surface area contributed by atoms with Crippen LogP contribution < -0.4 is 4.74 Å². The third kappa shape index (κ3) is 1.87. The number of rotatable bonds is 3. The number of hydrogen-bond donors (Lipinski definition) is 2. The Bertz CT molecular complexity index is 561. The minimum atomic E-state index is -1.00. The van der Waals surface area contributed by atoms with Crippen LogP contribution in [0.25, 0.3) is 11.3 Å². The van der Waals surface area contributed by atoms with Gasteiger partial charge in [-0.1, -0.05) is 12.1 Å². The lowest BCUT2D eigenvalue weighted by Crippen LogP contribution is -1.98. The first-order valence-corrected chi connectivity index (χ1v) is 5.05. The summed E-state index contributed by atoms with van der Waals surface area (Å²) in [5, 5.41) is 15.5. The molecular weight excluding hydrogens is 220 g/mol. The first-order chi connectivity index (χ1) is 8.15. The monoisotopic (exact) mass is 232 g/mol. The van der Waals surface area contributed by atoms with E-state index in [9.17, 15) is 4.79 Å². The van der Waals surface area contributed by atoms with Crippen molar-refractivity contribution in [2.45, 2.75) is 6.92 Å². The standard InChI is InChI=1S/C12H12N2O3/c1-7-8(4-3-5-10(7)17-2)11-9(12(15)16)6-13-14-11/h3-6H,1-2H3,(H,13,14)(H,15,16). The second kappa shape index (κ2) is 4.29. The van der Waals surface area contributed by atoms with Crippen molar-refractivity contribution in [3.8, 4) is 17.0 Å². The predicted molar refractivity (Wildman–Crippen MR) is 62.3 cm³/mol. The number of carboxylic acid groups (broad SMARTS) is 1. The number of ether oxygens (including phenoxy) is 1. The van der Waals surface area contributed by atoms with E-state index in [0.29, 0.717) is 11.4 Å². The summed E-state index contributed by atoms with van der Waals surface area (Å²) >= 11 is 0. The summed E-state index contributed by atoms with van der Waals surface area (Å²) in [6.45, 7) is 1.88. The van der Waals surface area contributed by atoms with Crippen LogP contribution in [0.5, 0.6) is 5.75 Å². The maximum absolute atomic E-state index is 11.0. The third-order valence-electron chi connectivity index (χ3n) is 2.64. The van der Waals surface area contributed by atoms with Crippen LogP contribution in [0.4, 0.5) is 0 Å². The molecule has 0 radical (unpaired) electrons. The normalized spacial score (nSPS) is 10.2. The maximum atomic E-state index is 11.0. The van der Waals surface area contributed by atoms with Gasteiger partial charge in [-0.25, -0.2) is 4.79 Å². The van der Waals surface area contributed by atoms with E-state index in [1.54, 1.807) is 7.11 Å². The number of H-pyrrole nitrogens is 1. The first kappa shape index (κ1) is 11.2. The summed E-state index contributed by atoms with van der Waals surface area (Å²) in [7, 11) is 1.58. The van der Waals surface area contributed by atoms with Crippen LogP contribution in [0.2, 0.25) is 0 Å². The summed E-state index contributed by atoms with van der Waals surface area (Å²) in [4.78, 5) is 11.0. The quantitative estimate of drug-likeness (QED) is 0.849. The number of methoxy groups -OCH3 is 1. The molecule has 88 valence electrons. The van der Waals surface area contributed by atoms with Crippen LogP contribution >= 0.6 is 0 Å². The number of benzene rings is 1. The van der Waals surface area contributed by atoms with Gasteiger partial charge in [-0.2, -0.15) is 5.10 Å². The molecular formula is C12H12N2O3. The highest BCUT2D eigenvalue weighted by atomic mass is 16.5. The lowest BCUT2D eigenvalue weighted by molar-refractivity contribution is 0.0698. The smallest absolute Gasteiger partial charge is 0.339 e. The van der Waals surface area contributed by atoms with Crippen molar-refractivity contribution in [2.24, 2.45) is 0 Å². The number of nitrogens with one attached hydrogen (secondary N) is 1. The second-order valence-electron chi connectivity index (χ2n) is 3.60. The SMILES string of the molecule is COc1cccc(-c2[nH]ncc2C(=O)O)c1C. The fourth-order valence-electron chi connectivity index (χ4n) is 1.76. The van der Waals surface area contributed by atoms with Crippen LogP contribution in [0, 0.1) is 6.92 Å². The summed E-state index contributed by atoms with van der Waals surface area (Å²) < 4.78 is 5.20. The van der Waals surface area contributed by atoms with Gasteiger partial charge in [0, 0.05) is 11.1 Å². The summed E-state index contributed by atoms with van der Waals surface area (Å²) in [5.74, 6) is -0.288. The van der Waals surface area contributed by atoms with E-state index >= 15 is 0 Å². The summed E-state index contributed by atoms with van der Waals surface area (Å²) in [6.07, 6.45) is 1.30. The van der Waals surface area contributed by atoms with Crippen LogP contribution in [0.15, 0.2) is 24.4 Å². The van der Waals surface area contributed by atoms with Crippen molar-refractivity contribution < 1.29 is 14.6 Å². The number of carbonyl (C=O) groups is 1. The Morgan fingerprint density at radius 2 is 2.24 bits per heavy atom. The van der Waals surface area contributed by atoms with Crippen molar-refractivity contribution in [3.63, 3.8) is 0 Å². The molecule has 5 heteroatoms. The molecule has 0 aliphatic heterocycles. The van der Waals surface area contributed by atoms with Crippen molar-refractivity contribution >= 4 is 5.97 Å². The molecule has 0 aliphatic carbocycles. The molecule has 0 aliphatic rings. The van der Waals surface area contributed by atoms with Crippen LogP contribution in [-0.2, 0) is 0 Å². The molecule has 0 saturated carbocycles. The molecule has 0 saturated heterocycles. The number of aromatic carboxylic acids is 1. The lowest BCUT2D eigenvalue weighted by Gasteiger charge is -2.09. The van der Waals surface area contributed by atoms with Crippen molar-refractivity contribution in [1.29, 1.82) is 0 Å². The Hall–Kier alpha value is -2.30. The average Bonchev–Trinajstić information content (AvgIpc) is 2.78. The minimum absolute atomic E-state index is 0.154. The second-order valence-corrected chi connectivity index (χ2v) is 3.60. The number of hydrogen-bond acceptors (Lipinski definition) is 3. The van der Waals surface area contributed by atoms with Crippen molar-refractivity contribution in [3.05, 3.63) is 35.5 Å². The molecule has 2 aromatic rings. The van der Waals surface area contributed by atoms with E-state index < -0.39 is 5.97 Å². The predicted octanol–water partition coefficient (Wildman–Crippen LogP) is 2.09. The van der Waals surface area contributed by atoms with Crippen LogP contribution in [-0.4, -0.2) is 28.4 Å². The first-order valence-electron chi connectivity index (χ1n) is 5.05. The summed E-state index contributed by atoms with van der Waals surface area (Å²) in [6, 6.07) is 5.47. The number of carboxylic acids is 1. The van der Waals surface area contributed by atoms with Gasteiger partial charge in [-0.05, 0) is 13.0 Å². The molecule has 0 amide bonds. The zero-order chi connectivity index (χ0) is 12.4. The van der Waals surface area contributed by atoms with Gasteiger partial charge in [-0.3, -0.25) is 5.10 Å². The van der Waals surface area contributed by atoms with E-state index in [1.165, 1.54) is 6.20 Å². The molecule has 17 heavy (non-hydrogen) atoms. The van der Waals surface area contributed by atoms with Gasteiger partial charge in [0.05, 0.1) is 19.0 Å². The largest absolute Gasteiger partial charge is 0.496 e. The molecule has 0 fully saturated rings. The molecule has 2 N–H and O–H groups in total. The highest BCUT2D eigenvalue weighted by Crippen LogP contribution is 2.30. The molecule has 5 nitrogen and oxygen atoms in total. The van der Waals surface area contributed by atoms with Gasteiger partial charge in [0.1, 0.15) is 11.3 Å². The Morgan fingerprint density at radius 3 is 2.88 bits per heavy atom. The van der Waals surface area contributed by atoms with E-state index in [4.69, 9.17) is 9.84 Å². The molecule has 0 bridgehead atoms. The van der Waals surface area contributed by atoms with Crippen LogP contribution in [0.1, 0.15) is 15.9 Å². The molecule has 1 heterocycles. The fraction of sp³-hybridized carbons (Fsp3) is 0.167. The minimum Gasteiger partial charge on any atom is -0.496 e. The van der Waals surface area contributed by atoms with Gasteiger partial charge in [-0.15, -0.1) is 0 Å². The molecule has 0 spiro atoms. The Morgan fingerprint density at radius 1 is 1.47 bits per heavy atom. The van der Waals surface area contributed by atoms with Crippen molar-refractivity contribution in [2.75, 3.05) is 7.11 Å². The maximum Gasteiger partial charge on any atom is 0.339 e. The highest BCUT2D eigenvalue weighted by Gasteiger charge is 2.16. The Kier molecular flexibility index (Phi) is 2.82. The molecule has 0 atom stereocenters. The van der Waals surface area contributed by atoms with Gasteiger partial charge >= 0.3 is 5.97 Å². The fourth-order valence-corrected chi connectivity index (χ4v) is 1.76. The van der Waals surface area contributed by atoms with E-state index in [-0.39, 0.29) is 5.56 Å². The van der Waals surface area contributed by atoms with E-state index in [2.05, 4.69) is 10.2 Å². The topological polar surface area (TPSA) is 75.2 Å². The molecule has 0 unspecified atom stereocenters. The number of aromatic nitrogens is 2. The molecule has 2 rings (SSSR count). The third-order valence-corrected chi connectivity index (χ3v) is 2.64. The van der Waals surface area contributed by atoms with Gasteiger partial charge in [0.2, 0.25) is 0 Å². The summed E-state index contributed by atoms with van der Waals surface area (Å²) in [5.41, 5.74) is 2.30. The van der Waals surface area contributed by atoms with Crippen LogP contribution in [0.3, 0.4) is 0 Å². The zero-order valence-electron chi connectivity index (χ0n) is 9.52. The van der Waals surface area contributed by atoms with Gasteiger partial charge in [0.15, 0.2) is 0 Å². The molecule has 1 aromatic carbocycles. The van der Waals surface area contributed by atoms with Gasteiger partial charge < -0.3 is 9.84 Å². The molecule has 1 aromatic heterocycles. The lowest BCUT2D eigenvalue weighted by atomic mass is 10.0. The Balaban J connectivity index is 2.61.